The average Bonchev–Trinajstić information content (AvgIpc) is 2.14. The Morgan fingerprint density at radius 1 is 1.29 bits per heavy atom. The van der Waals surface area contributed by atoms with Gasteiger partial charge in [-0.3, -0.25) is 0 Å². The number of benzene rings is 1. The van der Waals surface area contributed by atoms with Gasteiger partial charge in [-0.1, -0.05) is 30.9 Å². The summed E-state index contributed by atoms with van der Waals surface area (Å²) in [5, 5.41) is 0. The van der Waals surface area contributed by atoms with E-state index < -0.39 is 6.36 Å². The van der Waals surface area contributed by atoms with Crippen molar-refractivity contribution in [1.82, 2.24) is 0 Å². The Labute approximate surface area is 83.8 Å². The van der Waals surface area contributed by atoms with Crippen LogP contribution in [0.15, 0.2) is 35.7 Å². The van der Waals surface area contributed by atoms with Crippen LogP contribution in [0.2, 0.25) is 0 Å². The minimum absolute atomic E-state index is 0.282. The van der Waals surface area contributed by atoms with Gasteiger partial charge in [0, 0.05) is 16.9 Å². The minimum Gasteiger partial charge on any atom is -0.215 e. The van der Waals surface area contributed by atoms with Gasteiger partial charge in [-0.15, -0.1) is 13.2 Å². The van der Waals surface area contributed by atoms with E-state index >= 15 is 0 Å². The second kappa shape index (κ2) is 4.52. The van der Waals surface area contributed by atoms with Crippen molar-refractivity contribution in [3.8, 4) is 0 Å². The fourth-order valence-corrected chi connectivity index (χ4v) is 1.38. The Bertz CT molecular complexity index is 322. The highest BCUT2D eigenvalue weighted by atomic mass is 32.2. The van der Waals surface area contributed by atoms with Gasteiger partial charge >= 0.3 is 6.36 Å². The Hall–Kier alpha value is -0.940. The molecule has 0 fully saturated rings. The molecule has 0 aliphatic rings. The van der Waals surface area contributed by atoms with E-state index in [4.69, 9.17) is 0 Å². The summed E-state index contributed by atoms with van der Waals surface area (Å²) in [5.41, 5.74) is 0.613. The highest BCUT2D eigenvalue weighted by molar-refractivity contribution is 7.94. The third kappa shape index (κ3) is 3.43. The predicted molar refractivity (Wildman–Crippen MR) is 49.5 cm³/mol. The van der Waals surface area contributed by atoms with Gasteiger partial charge in [0.1, 0.15) is 0 Å². The zero-order valence-electron chi connectivity index (χ0n) is 7.04. The first kappa shape index (κ1) is 11.1. The van der Waals surface area contributed by atoms with Crippen LogP contribution in [0.3, 0.4) is 0 Å². The molecule has 0 radical (unpaired) electrons. The van der Waals surface area contributed by atoms with E-state index in [1.54, 1.807) is 18.2 Å². The molecule has 0 N–H and O–H groups in total. The number of hydrogen-bond acceptors (Lipinski definition) is 2. The molecule has 0 aliphatic carbocycles. The van der Waals surface area contributed by atoms with E-state index in [-0.39, 0.29) is 12.0 Å². The molecule has 1 rings (SSSR count). The number of alkyl halides is 3. The lowest BCUT2D eigenvalue weighted by Crippen LogP contribution is -2.07. The molecule has 0 amide bonds. The van der Waals surface area contributed by atoms with Gasteiger partial charge < -0.3 is 0 Å². The van der Waals surface area contributed by atoms with Crippen LogP contribution in [-0.4, -0.2) is 6.36 Å². The molecule has 5 heteroatoms. The quantitative estimate of drug-likeness (QED) is 0.715. The zero-order valence-corrected chi connectivity index (χ0v) is 7.86. The molecule has 0 unspecified atom stereocenters. The van der Waals surface area contributed by atoms with Gasteiger partial charge in [-0.05, 0) is 11.6 Å². The summed E-state index contributed by atoms with van der Waals surface area (Å²) in [6.07, 6.45) is -3.15. The lowest BCUT2D eigenvalue weighted by Gasteiger charge is -2.07. The third-order valence-corrected chi connectivity index (χ3v) is 2.19. The first-order valence-electron chi connectivity index (χ1n) is 3.67. The average molecular weight is 220 g/mol. The molecule has 76 valence electrons. The molecule has 0 heterocycles. The third-order valence-electron chi connectivity index (χ3n) is 1.36. The van der Waals surface area contributed by atoms with Crippen LogP contribution in [0.5, 0.6) is 0 Å². The molecular weight excluding hydrogens is 213 g/mol. The molecule has 0 saturated carbocycles. The SMILES string of the molecule is C=Cc1ccccc1SOC(F)(F)F. The Morgan fingerprint density at radius 2 is 1.93 bits per heavy atom. The standard InChI is InChI=1S/C9H7F3OS/c1-2-7-5-3-4-6-8(7)14-13-9(10,11)12/h2-6H,1H2. The van der Waals surface area contributed by atoms with Crippen LogP contribution >= 0.6 is 12.0 Å². The zero-order chi connectivity index (χ0) is 10.6. The van der Waals surface area contributed by atoms with E-state index in [2.05, 4.69) is 10.8 Å². The second-order valence-corrected chi connectivity index (χ2v) is 3.13. The molecule has 0 aliphatic heterocycles. The van der Waals surface area contributed by atoms with Crippen LogP contribution in [-0.2, 0) is 4.18 Å². The smallest absolute Gasteiger partial charge is 0.215 e. The predicted octanol–water partition coefficient (Wildman–Crippen LogP) is 3.87. The summed E-state index contributed by atoms with van der Waals surface area (Å²) in [6.45, 7) is 3.49. The topological polar surface area (TPSA) is 9.23 Å². The van der Waals surface area contributed by atoms with Crippen molar-refractivity contribution in [2.24, 2.45) is 0 Å². The summed E-state index contributed by atoms with van der Waals surface area (Å²) < 4.78 is 38.8. The van der Waals surface area contributed by atoms with Crippen LogP contribution < -0.4 is 0 Å². The van der Waals surface area contributed by atoms with Crippen molar-refractivity contribution in [3.63, 3.8) is 0 Å². The fraction of sp³-hybridized carbons (Fsp3) is 0.111. The molecule has 0 aromatic heterocycles. The van der Waals surface area contributed by atoms with Crippen LogP contribution in [0.1, 0.15) is 5.56 Å². The fourth-order valence-electron chi connectivity index (χ4n) is 0.817. The van der Waals surface area contributed by atoms with Crippen molar-refractivity contribution in [2.45, 2.75) is 11.3 Å². The highest BCUT2D eigenvalue weighted by Crippen LogP contribution is 2.31. The Morgan fingerprint density at radius 3 is 2.50 bits per heavy atom. The summed E-state index contributed by atoms with van der Waals surface area (Å²) >= 11 is 0.282. The van der Waals surface area contributed by atoms with Crippen molar-refractivity contribution in [3.05, 3.63) is 36.4 Å². The maximum atomic E-state index is 11.7. The van der Waals surface area contributed by atoms with Gasteiger partial charge in [0.05, 0.1) is 0 Å². The molecule has 0 saturated heterocycles. The van der Waals surface area contributed by atoms with E-state index in [0.29, 0.717) is 10.5 Å². The second-order valence-electron chi connectivity index (χ2n) is 2.35. The van der Waals surface area contributed by atoms with E-state index in [1.165, 1.54) is 12.1 Å². The summed E-state index contributed by atoms with van der Waals surface area (Å²) in [4.78, 5) is 0.389. The minimum atomic E-state index is -4.63. The number of rotatable bonds is 3. The van der Waals surface area contributed by atoms with Gasteiger partial charge in [-0.25, -0.2) is 4.18 Å². The molecule has 1 nitrogen and oxygen atoms in total. The lowest BCUT2D eigenvalue weighted by atomic mass is 10.2. The lowest BCUT2D eigenvalue weighted by molar-refractivity contribution is -0.266. The maximum absolute atomic E-state index is 11.7. The van der Waals surface area contributed by atoms with Crippen LogP contribution in [0.4, 0.5) is 13.2 Å². The number of halogens is 3. The van der Waals surface area contributed by atoms with Crippen molar-refractivity contribution in [1.29, 1.82) is 0 Å². The van der Waals surface area contributed by atoms with Crippen molar-refractivity contribution < 1.29 is 17.4 Å². The molecule has 0 bridgehead atoms. The normalized spacial score (nSPS) is 11.4. The Kier molecular flexibility index (Phi) is 3.60. The summed E-state index contributed by atoms with van der Waals surface area (Å²) in [7, 11) is 0. The molecule has 0 atom stereocenters. The van der Waals surface area contributed by atoms with Crippen molar-refractivity contribution in [2.75, 3.05) is 0 Å². The summed E-state index contributed by atoms with van der Waals surface area (Å²) in [5.74, 6) is 0. The number of hydrogen-bond donors (Lipinski definition) is 0. The monoisotopic (exact) mass is 220 g/mol. The molecular formula is C9H7F3OS. The van der Waals surface area contributed by atoms with Gasteiger partial charge in [0.2, 0.25) is 0 Å². The molecule has 14 heavy (non-hydrogen) atoms. The molecule has 1 aromatic rings. The van der Waals surface area contributed by atoms with Gasteiger partial charge in [-0.2, -0.15) is 0 Å². The summed E-state index contributed by atoms with van der Waals surface area (Å²) in [6, 6.07) is 6.55. The van der Waals surface area contributed by atoms with Crippen LogP contribution in [0, 0.1) is 0 Å². The first-order valence-corrected chi connectivity index (χ1v) is 4.41. The first-order chi connectivity index (χ1) is 6.53. The van der Waals surface area contributed by atoms with Crippen LogP contribution in [0.25, 0.3) is 6.08 Å². The molecule has 0 spiro atoms. The van der Waals surface area contributed by atoms with Crippen molar-refractivity contribution >= 4 is 18.1 Å². The highest BCUT2D eigenvalue weighted by Gasteiger charge is 2.30. The Balaban J connectivity index is 2.71. The van der Waals surface area contributed by atoms with E-state index in [1.807, 2.05) is 0 Å². The largest absolute Gasteiger partial charge is 0.533 e. The maximum Gasteiger partial charge on any atom is 0.533 e. The van der Waals surface area contributed by atoms with E-state index in [0.717, 1.165) is 0 Å². The van der Waals surface area contributed by atoms with E-state index in [9.17, 15) is 13.2 Å². The van der Waals surface area contributed by atoms with Gasteiger partial charge in [0.15, 0.2) is 0 Å². The molecule has 1 aromatic carbocycles. The van der Waals surface area contributed by atoms with Gasteiger partial charge in [0.25, 0.3) is 0 Å².